The van der Waals surface area contributed by atoms with Gasteiger partial charge in [-0.05, 0) is 74.8 Å². The first-order valence-corrected chi connectivity index (χ1v) is 14.5. The van der Waals surface area contributed by atoms with E-state index in [1.165, 1.54) is 24.0 Å². The number of fused-ring (bicyclic) bond motifs is 1. The summed E-state index contributed by atoms with van der Waals surface area (Å²) in [4.78, 5) is 24.6. The van der Waals surface area contributed by atoms with Crippen molar-refractivity contribution in [2.45, 2.75) is 80.2 Å². The summed E-state index contributed by atoms with van der Waals surface area (Å²) in [7, 11) is -1.09. The van der Waals surface area contributed by atoms with Crippen molar-refractivity contribution >= 4 is 28.1 Å². The topological polar surface area (TPSA) is 95.3 Å². The molecule has 2 aromatic rings. The van der Waals surface area contributed by atoms with Crippen molar-refractivity contribution in [3.63, 3.8) is 0 Å². The molecule has 0 amide bonds. The molecule has 1 N–H and O–H groups in total. The van der Waals surface area contributed by atoms with Crippen LogP contribution >= 0.6 is 0 Å². The van der Waals surface area contributed by atoms with Crippen LogP contribution in [0.4, 0.5) is 11.8 Å². The number of anilines is 2. The standard InChI is InChI=1S/C26H32N6O2S/c33-21-8-13-32(26(21)9-2-10-26)24-22-20(3-1-14-35(22)34)29-25(30-24)31-11-6-18(7-12-31)23-27-15-19(16-28-23)17-4-5-17/h6,15-17,21,33H,1-5,7-14H2/t21-,35-/m1/s1. The Kier molecular flexibility index (Phi) is 5.21. The summed E-state index contributed by atoms with van der Waals surface area (Å²) in [5.41, 5.74) is 3.13. The highest BCUT2D eigenvalue weighted by molar-refractivity contribution is 7.85. The monoisotopic (exact) mass is 492 g/mol. The molecule has 35 heavy (non-hydrogen) atoms. The Hall–Kier alpha value is -2.39. The van der Waals surface area contributed by atoms with Crippen LogP contribution in [0.15, 0.2) is 23.4 Å². The predicted molar refractivity (Wildman–Crippen MR) is 135 cm³/mol. The molecule has 1 saturated heterocycles. The van der Waals surface area contributed by atoms with E-state index in [1.54, 1.807) is 0 Å². The van der Waals surface area contributed by atoms with Gasteiger partial charge in [0.15, 0.2) is 11.6 Å². The Morgan fingerprint density at radius 1 is 1.03 bits per heavy atom. The van der Waals surface area contributed by atoms with Crippen LogP contribution in [0.3, 0.4) is 0 Å². The highest BCUT2D eigenvalue weighted by atomic mass is 32.2. The van der Waals surface area contributed by atoms with Crippen LogP contribution in [0, 0.1) is 0 Å². The van der Waals surface area contributed by atoms with E-state index in [2.05, 4.69) is 25.8 Å². The maximum atomic E-state index is 13.1. The van der Waals surface area contributed by atoms with Gasteiger partial charge in [0.1, 0.15) is 4.90 Å². The van der Waals surface area contributed by atoms with E-state index in [-0.39, 0.29) is 11.6 Å². The molecule has 7 rings (SSSR count). The quantitative estimate of drug-likeness (QED) is 0.696. The lowest BCUT2D eigenvalue weighted by molar-refractivity contribution is 0.0579. The fourth-order valence-electron chi connectivity index (χ4n) is 6.24. The van der Waals surface area contributed by atoms with Gasteiger partial charge in [-0.25, -0.2) is 15.0 Å². The number of aliphatic hydroxyl groups is 1. The lowest BCUT2D eigenvalue weighted by Crippen LogP contribution is -2.56. The van der Waals surface area contributed by atoms with Gasteiger partial charge in [0.2, 0.25) is 5.95 Å². The highest BCUT2D eigenvalue weighted by Gasteiger charge is 2.53. The van der Waals surface area contributed by atoms with E-state index in [0.717, 1.165) is 80.3 Å². The second kappa shape index (κ2) is 8.34. The smallest absolute Gasteiger partial charge is 0.227 e. The van der Waals surface area contributed by atoms with Crippen molar-refractivity contribution in [3.05, 3.63) is 35.6 Å². The molecule has 3 fully saturated rings. The summed E-state index contributed by atoms with van der Waals surface area (Å²) in [6.07, 6.45) is 14.8. The fourth-order valence-corrected chi connectivity index (χ4v) is 7.62. The number of rotatable bonds is 4. The van der Waals surface area contributed by atoms with E-state index in [1.807, 2.05) is 12.4 Å². The van der Waals surface area contributed by atoms with Crippen molar-refractivity contribution in [1.29, 1.82) is 0 Å². The van der Waals surface area contributed by atoms with Gasteiger partial charge < -0.3 is 14.9 Å². The number of hydrogen-bond acceptors (Lipinski definition) is 8. The van der Waals surface area contributed by atoms with E-state index in [0.29, 0.717) is 24.2 Å². The third-order valence-corrected chi connectivity index (χ3v) is 10.2. The van der Waals surface area contributed by atoms with Crippen LogP contribution < -0.4 is 9.80 Å². The van der Waals surface area contributed by atoms with Crippen LogP contribution in [-0.4, -0.2) is 66.3 Å². The van der Waals surface area contributed by atoms with Crippen LogP contribution in [0.1, 0.15) is 74.4 Å². The molecule has 3 aliphatic heterocycles. The van der Waals surface area contributed by atoms with Gasteiger partial charge >= 0.3 is 0 Å². The van der Waals surface area contributed by atoms with Crippen molar-refractivity contribution in [3.8, 4) is 0 Å². The van der Waals surface area contributed by atoms with Gasteiger partial charge in [0.25, 0.3) is 0 Å². The minimum atomic E-state index is -1.09. The van der Waals surface area contributed by atoms with Gasteiger partial charge in [-0.2, -0.15) is 4.98 Å². The predicted octanol–water partition coefficient (Wildman–Crippen LogP) is 2.99. The van der Waals surface area contributed by atoms with Gasteiger partial charge in [0, 0.05) is 37.8 Å². The number of hydrogen-bond donors (Lipinski definition) is 1. The zero-order valence-corrected chi connectivity index (χ0v) is 20.8. The zero-order valence-electron chi connectivity index (χ0n) is 20.0. The Bertz CT molecular complexity index is 1210. The summed E-state index contributed by atoms with van der Waals surface area (Å²) in [6, 6.07) is 0. The molecule has 5 aliphatic rings. The van der Waals surface area contributed by atoms with Gasteiger partial charge in [0.05, 0.1) is 28.1 Å². The molecular weight excluding hydrogens is 460 g/mol. The molecule has 2 atom stereocenters. The molecule has 1 spiro atoms. The third-order valence-electron chi connectivity index (χ3n) is 8.64. The summed E-state index contributed by atoms with van der Waals surface area (Å²) in [5.74, 6) is 3.69. The molecule has 0 unspecified atom stereocenters. The molecule has 9 heteroatoms. The average molecular weight is 493 g/mol. The van der Waals surface area contributed by atoms with E-state index in [9.17, 15) is 9.32 Å². The van der Waals surface area contributed by atoms with Crippen molar-refractivity contribution in [2.24, 2.45) is 0 Å². The zero-order chi connectivity index (χ0) is 23.6. The van der Waals surface area contributed by atoms with Gasteiger partial charge in [-0.1, -0.05) is 6.08 Å². The summed E-state index contributed by atoms with van der Waals surface area (Å²) >= 11 is 0. The third kappa shape index (κ3) is 3.61. The van der Waals surface area contributed by atoms with Gasteiger partial charge in [-0.15, -0.1) is 0 Å². The Morgan fingerprint density at radius 2 is 1.86 bits per heavy atom. The molecule has 0 bridgehead atoms. The Labute approximate surface area is 208 Å². The van der Waals surface area contributed by atoms with E-state index < -0.39 is 10.8 Å². The average Bonchev–Trinajstić information content (AvgIpc) is 3.65. The molecule has 2 saturated carbocycles. The number of nitrogens with zero attached hydrogens (tertiary/aromatic N) is 6. The fraction of sp³-hybridized carbons (Fsp3) is 0.615. The van der Waals surface area contributed by atoms with Crippen molar-refractivity contribution in [1.82, 2.24) is 19.9 Å². The largest absolute Gasteiger partial charge is 0.391 e. The normalized spacial score (nSPS) is 27.5. The summed E-state index contributed by atoms with van der Waals surface area (Å²) in [5, 5.41) is 10.8. The lowest BCUT2D eigenvalue weighted by atomic mass is 9.73. The second-order valence-corrected chi connectivity index (χ2v) is 12.2. The molecule has 2 aliphatic carbocycles. The first kappa shape index (κ1) is 21.9. The first-order valence-electron chi connectivity index (χ1n) is 13.1. The van der Waals surface area contributed by atoms with Crippen LogP contribution in [-0.2, 0) is 17.2 Å². The van der Waals surface area contributed by atoms with Gasteiger partial charge in [-0.3, -0.25) is 4.21 Å². The Morgan fingerprint density at radius 3 is 2.54 bits per heavy atom. The minimum absolute atomic E-state index is 0.236. The molecule has 0 aromatic carbocycles. The number of aliphatic hydroxyl groups excluding tert-OH is 1. The highest BCUT2D eigenvalue weighted by Crippen LogP contribution is 2.49. The SMILES string of the molecule is O=[S@@]1CCCc2nc(N3CC=C(c4ncc(C5CC5)cn4)CC3)nc(N3CC[C@@H](O)C34CCC4)c21. The maximum Gasteiger partial charge on any atom is 0.227 e. The molecular formula is C26H32N6O2S. The van der Waals surface area contributed by atoms with Crippen LogP contribution in [0.2, 0.25) is 0 Å². The Balaban J connectivity index is 1.19. The van der Waals surface area contributed by atoms with Crippen molar-refractivity contribution < 1.29 is 9.32 Å². The molecule has 184 valence electrons. The molecule has 0 radical (unpaired) electrons. The summed E-state index contributed by atoms with van der Waals surface area (Å²) in [6.45, 7) is 2.27. The number of aromatic nitrogens is 4. The molecule has 8 nitrogen and oxygen atoms in total. The van der Waals surface area contributed by atoms with E-state index in [4.69, 9.17) is 9.97 Å². The molecule has 5 heterocycles. The van der Waals surface area contributed by atoms with Crippen molar-refractivity contribution in [2.75, 3.05) is 35.2 Å². The lowest BCUT2D eigenvalue weighted by Gasteiger charge is -2.48. The second-order valence-electron chi connectivity index (χ2n) is 10.7. The first-order chi connectivity index (χ1) is 17.1. The molecule has 2 aromatic heterocycles. The van der Waals surface area contributed by atoms with Crippen LogP contribution in [0.5, 0.6) is 0 Å². The van der Waals surface area contributed by atoms with E-state index >= 15 is 0 Å². The maximum absolute atomic E-state index is 13.1. The number of aryl methyl sites for hydroxylation is 1. The summed E-state index contributed by atoms with van der Waals surface area (Å²) < 4.78 is 13.1. The minimum Gasteiger partial charge on any atom is -0.391 e. The van der Waals surface area contributed by atoms with Crippen LogP contribution in [0.25, 0.3) is 5.57 Å².